The second-order valence-electron chi connectivity index (χ2n) is 9.64. The second kappa shape index (κ2) is 12.4. The lowest BCUT2D eigenvalue weighted by molar-refractivity contribution is -0.765. The van der Waals surface area contributed by atoms with Gasteiger partial charge in [-0.25, -0.2) is 18.8 Å². The van der Waals surface area contributed by atoms with Gasteiger partial charge in [0, 0.05) is 6.07 Å². The predicted molar refractivity (Wildman–Crippen MR) is 136 cm³/mol. The minimum atomic E-state index is -5.63. The molecule has 0 radical (unpaired) electrons. The molecule has 23 heteroatoms. The molecular weight excluding hydrogens is 638 g/mol. The number of nitrogens with two attached hydrogens (primary N) is 1. The predicted octanol–water partition coefficient (Wildman–Crippen LogP) is -3.94. The van der Waals surface area contributed by atoms with Crippen LogP contribution in [0.25, 0.3) is 11.2 Å². The number of primary amides is 1. The molecule has 0 spiro atoms. The summed E-state index contributed by atoms with van der Waals surface area (Å²) in [6, 6.07) is 2.81. The standard InChI is InChI=1S/C21H26N6O15P2/c22-17(32)9-2-1-3-26(4-9)20-15(30)13(28)10(40-20)5-38-43(34,35)42-44(36,37)39-6-11-14(29)16(31)21(41-11)27-8-25-12-18(27)23-7-24-19(12)33/h1-4,7-8,10-11,13-16,20-21,28-31H,5-6H2,(H4-,22,23,24,32,33,34,35,36,37)/t10-,11-,13-,14-,15-,16-,20-,21-/m1/s1. The number of carbonyl (C=O) groups excluding carboxylic acids is 1. The number of phosphoric acid groups is 2. The number of H-pyrrole nitrogens is 1. The van der Waals surface area contributed by atoms with E-state index in [9.17, 15) is 48.9 Å². The van der Waals surface area contributed by atoms with Crippen molar-refractivity contribution in [2.75, 3.05) is 13.2 Å². The zero-order valence-corrected chi connectivity index (χ0v) is 23.9. The van der Waals surface area contributed by atoms with E-state index in [-0.39, 0.29) is 16.7 Å². The third-order valence-electron chi connectivity index (χ3n) is 6.72. The van der Waals surface area contributed by atoms with E-state index in [2.05, 4.69) is 28.3 Å². The minimum Gasteiger partial charge on any atom is -0.756 e. The molecule has 2 aliphatic heterocycles. The Labute approximate surface area is 245 Å². The fourth-order valence-electron chi connectivity index (χ4n) is 4.56. The number of phosphoric ester groups is 2. The van der Waals surface area contributed by atoms with Crippen LogP contribution in [0.5, 0.6) is 0 Å². The van der Waals surface area contributed by atoms with Crippen LogP contribution in [0.15, 0.2) is 42.0 Å². The number of hydrogen-bond acceptors (Lipinski definition) is 16. The molecule has 240 valence electrons. The van der Waals surface area contributed by atoms with Crippen molar-refractivity contribution in [3.05, 3.63) is 53.1 Å². The number of imidazole rings is 1. The maximum absolute atomic E-state index is 12.4. The Hall–Kier alpha value is -3.01. The zero-order chi connectivity index (χ0) is 32.0. The maximum atomic E-state index is 12.4. The molecule has 2 saturated heterocycles. The van der Waals surface area contributed by atoms with E-state index in [0.717, 1.165) is 17.2 Å². The van der Waals surface area contributed by atoms with Crippen molar-refractivity contribution < 1.29 is 71.5 Å². The molecular formula is C21H26N6O15P2. The van der Waals surface area contributed by atoms with Crippen molar-refractivity contribution in [2.24, 2.45) is 5.73 Å². The van der Waals surface area contributed by atoms with Crippen LogP contribution >= 0.6 is 15.6 Å². The van der Waals surface area contributed by atoms with Gasteiger partial charge in [0.05, 0.1) is 25.9 Å². The van der Waals surface area contributed by atoms with Crippen LogP contribution in [-0.4, -0.2) is 101 Å². The van der Waals surface area contributed by atoms with Crippen molar-refractivity contribution >= 4 is 32.7 Å². The fourth-order valence-corrected chi connectivity index (χ4v) is 6.61. The highest BCUT2D eigenvalue weighted by Crippen LogP contribution is 2.58. The molecule has 8 N–H and O–H groups in total. The molecule has 1 amide bonds. The fraction of sp³-hybridized carbons (Fsp3) is 0.476. The van der Waals surface area contributed by atoms with E-state index in [1.165, 1.54) is 29.1 Å². The van der Waals surface area contributed by atoms with Gasteiger partial charge in [-0.2, -0.15) is 4.57 Å². The number of hydrogen-bond donors (Lipinski definition) is 7. The number of rotatable bonds is 11. The summed E-state index contributed by atoms with van der Waals surface area (Å²) >= 11 is 0. The van der Waals surface area contributed by atoms with Gasteiger partial charge in [0.2, 0.25) is 0 Å². The Bertz CT molecular complexity index is 1690. The van der Waals surface area contributed by atoms with Crippen LogP contribution < -0.4 is 20.8 Å². The van der Waals surface area contributed by atoms with E-state index in [0.29, 0.717) is 0 Å². The molecule has 10 atom stereocenters. The SMILES string of the molecule is NC(=O)c1ccc[n+]([C@@H]2O[C@H](COP(=O)([O-])OP(=O)(O)OC[C@H]3O[C@@H](n4cnc5c(=O)[nH]cnc54)[C@H](O)[C@@H]3O)[C@@H](O)[C@H]2O)c1. The summed E-state index contributed by atoms with van der Waals surface area (Å²) in [5.74, 6) is -0.778. The van der Waals surface area contributed by atoms with Crippen molar-refractivity contribution in [2.45, 2.75) is 49.1 Å². The Morgan fingerprint density at radius 2 is 1.77 bits per heavy atom. The molecule has 0 bridgehead atoms. The van der Waals surface area contributed by atoms with E-state index >= 15 is 0 Å². The van der Waals surface area contributed by atoms with Gasteiger partial charge >= 0.3 is 7.82 Å². The summed E-state index contributed by atoms with van der Waals surface area (Å²) in [4.78, 5) is 55.7. The third-order valence-corrected chi connectivity index (χ3v) is 9.28. The quantitative estimate of drug-likeness (QED) is 0.0760. The summed E-state index contributed by atoms with van der Waals surface area (Å²) in [5.41, 5.74) is 4.61. The Balaban J connectivity index is 1.16. The van der Waals surface area contributed by atoms with Crippen LogP contribution in [-0.2, 0) is 32.0 Å². The molecule has 44 heavy (non-hydrogen) atoms. The third kappa shape index (κ3) is 6.65. The van der Waals surface area contributed by atoms with Gasteiger partial charge in [-0.3, -0.25) is 23.2 Å². The van der Waals surface area contributed by atoms with E-state index in [4.69, 9.17) is 15.2 Å². The van der Waals surface area contributed by atoms with Gasteiger partial charge < -0.3 is 54.9 Å². The van der Waals surface area contributed by atoms with Crippen molar-refractivity contribution in [1.29, 1.82) is 0 Å². The minimum absolute atomic E-state index is 0.000136. The molecule has 21 nitrogen and oxygen atoms in total. The molecule has 2 unspecified atom stereocenters. The van der Waals surface area contributed by atoms with Gasteiger partial charge in [0.15, 0.2) is 35.9 Å². The highest BCUT2D eigenvalue weighted by molar-refractivity contribution is 7.60. The lowest BCUT2D eigenvalue weighted by Crippen LogP contribution is -2.46. The molecule has 0 aromatic carbocycles. The van der Waals surface area contributed by atoms with E-state index in [1.54, 1.807) is 0 Å². The molecule has 2 aliphatic rings. The van der Waals surface area contributed by atoms with Crippen LogP contribution in [0.1, 0.15) is 22.8 Å². The monoisotopic (exact) mass is 664 g/mol. The topological polar surface area (TPSA) is 315 Å². The molecule has 5 heterocycles. The van der Waals surface area contributed by atoms with Gasteiger partial charge in [0.1, 0.15) is 36.1 Å². The van der Waals surface area contributed by atoms with Gasteiger partial charge in [-0.05, 0) is 6.07 Å². The van der Waals surface area contributed by atoms with E-state index < -0.39 is 89.4 Å². The first-order valence-electron chi connectivity index (χ1n) is 12.6. The number of nitrogens with one attached hydrogen (secondary N) is 1. The Morgan fingerprint density at radius 3 is 2.50 bits per heavy atom. The van der Waals surface area contributed by atoms with Crippen LogP contribution in [0, 0.1) is 0 Å². The average molecular weight is 664 g/mol. The molecule has 0 aliphatic carbocycles. The van der Waals surface area contributed by atoms with Gasteiger partial charge in [-0.15, -0.1) is 0 Å². The summed E-state index contributed by atoms with van der Waals surface area (Å²) in [5, 5.41) is 41.5. The molecule has 2 fully saturated rings. The number of nitrogens with zero attached hydrogens (tertiary/aromatic N) is 4. The highest BCUT2D eigenvalue weighted by Gasteiger charge is 2.49. The first-order chi connectivity index (χ1) is 20.7. The second-order valence-corrected chi connectivity index (χ2v) is 12.6. The van der Waals surface area contributed by atoms with Gasteiger partial charge in [0.25, 0.3) is 25.5 Å². The molecule has 3 aromatic heterocycles. The summed E-state index contributed by atoms with van der Waals surface area (Å²) < 4.78 is 51.3. The number of aliphatic hydroxyl groups excluding tert-OH is 4. The Kier molecular flexibility index (Phi) is 9.13. The normalized spacial score (nSPS) is 31.6. The Morgan fingerprint density at radius 1 is 1.09 bits per heavy atom. The van der Waals surface area contributed by atoms with Gasteiger partial charge in [-0.1, -0.05) is 0 Å². The summed E-state index contributed by atoms with van der Waals surface area (Å²) in [6.45, 7) is -1.93. The number of ether oxygens (including phenoxy) is 2. The lowest BCUT2D eigenvalue weighted by Gasteiger charge is -2.26. The number of amides is 1. The van der Waals surface area contributed by atoms with Crippen LogP contribution in [0.4, 0.5) is 0 Å². The maximum Gasteiger partial charge on any atom is 0.478 e. The van der Waals surface area contributed by atoms with Crippen molar-refractivity contribution in [3.8, 4) is 0 Å². The van der Waals surface area contributed by atoms with E-state index in [1.807, 2.05) is 0 Å². The van der Waals surface area contributed by atoms with Crippen molar-refractivity contribution in [3.63, 3.8) is 0 Å². The summed E-state index contributed by atoms with van der Waals surface area (Å²) in [6.07, 6.45) is -7.46. The summed E-state index contributed by atoms with van der Waals surface area (Å²) in [7, 11) is -11.1. The molecule has 0 saturated carbocycles. The number of aromatic nitrogens is 5. The molecule has 3 aromatic rings. The number of aromatic amines is 1. The number of carbonyl (C=O) groups is 1. The smallest absolute Gasteiger partial charge is 0.478 e. The average Bonchev–Trinajstić information content (AvgIpc) is 3.61. The van der Waals surface area contributed by atoms with Crippen LogP contribution in [0.3, 0.4) is 0 Å². The number of fused-ring (bicyclic) bond motifs is 1. The largest absolute Gasteiger partial charge is 0.756 e. The zero-order valence-electron chi connectivity index (χ0n) is 22.1. The number of pyridine rings is 1. The van der Waals surface area contributed by atoms with Crippen LogP contribution in [0.2, 0.25) is 0 Å². The molecule has 5 rings (SSSR count). The first kappa shape index (κ1) is 32.4. The number of aliphatic hydroxyl groups is 4. The highest BCUT2D eigenvalue weighted by atomic mass is 31.3. The first-order valence-corrected chi connectivity index (χ1v) is 15.5. The van der Waals surface area contributed by atoms with Crippen molar-refractivity contribution in [1.82, 2.24) is 19.5 Å². The lowest BCUT2D eigenvalue weighted by atomic mass is 10.1.